The number of azide groups is 1. The number of benzene rings is 2. The van der Waals surface area contributed by atoms with Crippen molar-refractivity contribution in [3.8, 4) is 0 Å². The predicted octanol–water partition coefficient (Wildman–Crippen LogP) is 1.92. The minimum Gasteiger partial charge on any atom is -0.390 e. The molecule has 158 valence electrons. The Morgan fingerprint density at radius 2 is 1.67 bits per heavy atom. The van der Waals surface area contributed by atoms with E-state index in [-0.39, 0.29) is 6.61 Å². The third-order valence-corrected chi connectivity index (χ3v) is 9.13. The first-order valence-corrected chi connectivity index (χ1v) is 11.9. The summed E-state index contributed by atoms with van der Waals surface area (Å²) in [4.78, 5) is 3.04. The second-order valence-corrected chi connectivity index (χ2v) is 11.8. The molecule has 2 aliphatic rings. The number of fused-ring (bicyclic) bond motifs is 2. The van der Waals surface area contributed by atoms with Crippen LogP contribution in [0.15, 0.2) is 65.8 Å². The highest BCUT2D eigenvalue weighted by Gasteiger charge is 2.64. The topological polar surface area (TPSA) is 96.7 Å². The van der Waals surface area contributed by atoms with Gasteiger partial charge in [0, 0.05) is 4.91 Å². The number of nitrogens with zero attached hydrogens (tertiary/aromatic N) is 3. The summed E-state index contributed by atoms with van der Waals surface area (Å²) in [6.07, 6.45) is -2.12. The van der Waals surface area contributed by atoms with Gasteiger partial charge in [-0.1, -0.05) is 76.2 Å². The number of hydrogen-bond donors (Lipinski definition) is 1. The summed E-state index contributed by atoms with van der Waals surface area (Å²) in [6.45, 7) is 6.04. The van der Waals surface area contributed by atoms with Crippen molar-refractivity contribution >= 4 is 19.2 Å². The van der Waals surface area contributed by atoms with Crippen LogP contribution in [-0.2, 0) is 14.2 Å². The van der Waals surface area contributed by atoms with Crippen molar-refractivity contribution in [1.29, 1.82) is 0 Å². The van der Waals surface area contributed by atoms with Crippen molar-refractivity contribution in [2.24, 2.45) is 5.11 Å². The molecule has 1 N–H and O–H groups in total. The number of aliphatic hydroxyl groups excluding tert-OH is 1. The lowest BCUT2D eigenvalue weighted by atomic mass is 9.98. The molecule has 2 aromatic carbocycles. The molecule has 2 aromatic rings. The van der Waals surface area contributed by atoms with Crippen molar-refractivity contribution in [2.75, 3.05) is 6.61 Å². The Labute approximate surface area is 177 Å². The predicted molar refractivity (Wildman–Crippen MR) is 116 cm³/mol. The summed E-state index contributed by atoms with van der Waals surface area (Å²) in [5.41, 5.74) is 7.64. The lowest BCUT2D eigenvalue weighted by Gasteiger charge is -2.48. The van der Waals surface area contributed by atoms with Gasteiger partial charge >= 0.3 is 0 Å². The van der Waals surface area contributed by atoms with E-state index in [0.29, 0.717) is 0 Å². The molecule has 0 aromatic heterocycles. The standard InChI is InChI=1S/C22H27N3O4Si/c1-21(2,3)29-19-17-14-27-22(28-17,20(18(19)26)24-25-23)30(15-10-6-4-7-11-15)16-12-8-5-9-13-16/h4-13,17-20,26,30H,14H2,1-3H3/t17-,18+,19-,20-,22-/m1/s1. The number of rotatable bonds is 5. The van der Waals surface area contributed by atoms with Crippen molar-refractivity contribution in [3.05, 3.63) is 71.1 Å². The van der Waals surface area contributed by atoms with Crippen LogP contribution in [0.2, 0.25) is 0 Å². The molecule has 2 bridgehead atoms. The molecule has 2 heterocycles. The first-order chi connectivity index (χ1) is 14.4. The maximum absolute atomic E-state index is 11.3. The van der Waals surface area contributed by atoms with Gasteiger partial charge in [-0.25, -0.2) is 0 Å². The molecule has 5 atom stereocenters. The van der Waals surface area contributed by atoms with Gasteiger partial charge in [-0.3, -0.25) is 0 Å². The van der Waals surface area contributed by atoms with Crippen LogP contribution in [0, 0.1) is 0 Å². The molecule has 0 saturated carbocycles. The second kappa shape index (κ2) is 8.15. The van der Waals surface area contributed by atoms with E-state index >= 15 is 0 Å². The van der Waals surface area contributed by atoms with E-state index in [1.54, 1.807) is 0 Å². The van der Waals surface area contributed by atoms with Crippen LogP contribution in [0.3, 0.4) is 0 Å². The Hall–Kier alpha value is -2.19. The molecular weight excluding hydrogens is 398 g/mol. The second-order valence-electron chi connectivity index (χ2n) is 8.78. The quantitative estimate of drug-likeness (QED) is 0.343. The molecule has 2 saturated heterocycles. The third kappa shape index (κ3) is 3.78. The van der Waals surface area contributed by atoms with Crippen molar-refractivity contribution in [1.82, 2.24) is 0 Å². The molecule has 7 nitrogen and oxygen atoms in total. The van der Waals surface area contributed by atoms with Gasteiger partial charge < -0.3 is 19.3 Å². The van der Waals surface area contributed by atoms with E-state index in [2.05, 4.69) is 34.3 Å². The fraction of sp³-hybridized carbons (Fsp3) is 0.455. The maximum atomic E-state index is 11.3. The number of hydrogen-bond acceptors (Lipinski definition) is 5. The molecular formula is C22H27N3O4Si. The van der Waals surface area contributed by atoms with Crippen LogP contribution < -0.4 is 10.4 Å². The lowest BCUT2D eigenvalue weighted by Crippen LogP contribution is -2.72. The van der Waals surface area contributed by atoms with Crippen LogP contribution in [-0.4, -0.2) is 55.9 Å². The molecule has 0 radical (unpaired) electrons. The van der Waals surface area contributed by atoms with Crippen LogP contribution >= 0.6 is 0 Å². The zero-order chi connectivity index (χ0) is 21.4. The zero-order valence-corrected chi connectivity index (χ0v) is 18.5. The normalized spacial score (nSPS) is 30.8. The van der Waals surface area contributed by atoms with E-state index in [1.807, 2.05) is 57.2 Å². The molecule has 0 unspecified atom stereocenters. The van der Waals surface area contributed by atoms with Gasteiger partial charge in [-0.05, 0) is 26.3 Å². The molecule has 8 heteroatoms. The highest BCUT2D eigenvalue weighted by molar-refractivity contribution is 6.87. The number of aliphatic hydroxyl groups is 1. The molecule has 0 spiro atoms. The summed E-state index contributed by atoms with van der Waals surface area (Å²) in [7, 11) is -2.26. The minimum atomic E-state index is -2.26. The Balaban J connectivity index is 1.83. The van der Waals surface area contributed by atoms with E-state index in [1.165, 1.54) is 0 Å². The van der Waals surface area contributed by atoms with Crippen LogP contribution in [0.4, 0.5) is 0 Å². The van der Waals surface area contributed by atoms with E-state index < -0.39 is 44.2 Å². The summed E-state index contributed by atoms with van der Waals surface area (Å²) in [5, 5.41) is 17.5. The van der Waals surface area contributed by atoms with Crippen molar-refractivity contribution in [3.63, 3.8) is 0 Å². The first-order valence-electron chi connectivity index (χ1n) is 10.2. The largest absolute Gasteiger partial charge is 0.390 e. The van der Waals surface area contributed by atoms with E-state index in [9.17, 15) is 10.6 Å². The highest BCUT2D eigenvalue weighted by atomic mass is 28.3. The fourth-order valence-electron chi connectivity index (χ4n) is 4.50. The Morgan fingerprint density at radius 1 is 1.10 bits per heavy atom. The third-order valence-electron chi connectivity index (χ3n) is 5.58. The Bertz CT molecular complexity index is 877. The molecule has 2 aliphatic heterocycles. The van der Waals surface area contributed by atoms with E-state index in [0.717, 1.165) is 10.4 Å². The summed E-state index contributed by atoms with van der Waals surface area (Å²) >= 11 is 0. The molecule has 4 rings (SSSR count). The van der Waals surface area contributed by atoms with E-state index in [4.69, 9.17) is 14.2 Å². The maximum Gasteiger partial charge on any atom is 0.172 e. The molecule has 0 aliphatic carbocycles. The monoisotopic (exact) mass is 425 g/mol. The summed E-state index contributed by atoms with van der Waals surface area (Å²) < 4.78 is 19.0. The summed E-state index contributed by atoms with van der Waals surface area (Å²) in [5.74, 6) is 0. The zero-order valence-electron chi connectivity index (χ0n) is 17.4. The molecule has 30 heavy (non-hydrogen) atoms. The van der Waals surface area contributed by atoms with Gasteiger partial charge in [-0.15, -0.1) is 0 Å². The average molecular weight is 426 g/mol. The van der Waals surface area contributed by atoms with Gasteiger partial charge in [0.2, 0.25) is 0 Å². The van der Waals surface area contributed by atoms with Crippen LogP contribution in [0.5, 0.6) is 0 Å². The SMILES string of the molecule is CC(C)(C)O[C@H]1[C@H](O)[C@@H](N=[N+]=[N-])[C@@]2([SiH](c3ccccc3)c3ccccc3)OC[C@H]1O2. The van der Waals surface area contributed by atoms with Gasteiger partial charge in [0.25, 0.3) is 0 Å². The average Bonchev–Trinajstić information content (AvgIpc) is 3.12. The Kier molecular flexibility index (Phi) is 5.72. The van der Waals surface area contributed by atoms with Crippen molar-refractivity contribution < 1.29 is 19.3 Å². The van der Waals surface area contributed by atoms with Gasteiger partial charge in [0.1, 0.15) is 18.2 Å². The lowest BCUT2D eigenvalue weighted by molar-refractivity contribution is -0.235. The van der Waals surface area contributed by atoms with Gasteiger partial charge in [-0.2, -0.15) is 0 Å². The minimum absolute atomic E-state index is 0.276. The van der Waals surface area contributed by atoms with Gasteiger partial charge in [0.15, 0.2) is 14.2 Å². The van der Waals surface area contributed by atoms with Crippen LogP contribution in [0.25, 0.3) is 10.4 Å². The molecule has 2 fully saturated rings. The number of ether oxygens (including phenoxy) is 3. The molecule has 0 amide bonds. The first kappa shape index (κ1) is 21.1. The van der Waals surface area contributed by atoms with Crippen molar-refractivity contribution in [2.45, 2.75) is 56.1 Å². The van der Waals surface area contributed by atoms with Crippen LogP contribution in [0.1, 0.15) is 20.8 Å². The highest BCUT2D eigenvalue weighted by Crippen LogP contribution is 2.42. The fourth-order valence-corrected chi connectivity index (χ4v) is 8.21. The smallest absolute Gasteiger partial charge is 0.172 e. The Morgan fingerprint density at radius 3 is 2.17 bits per heavy atom. The summed E-state index contributed by atoms with van der Waals surface area (Å²) in [6, 6.07) is 19.1. The van der Waals surface area contributed by atoms with Gasteiger partial charge in [0.05, 0.1) is 18.3 Å².